The molecule has 0 radical (unpaired) electrons. The molecule has 31 heavy (non-hydrogen) atoms. The number of ether oxygens (including phenoxy) is 5. The molecule has 4 aliphatic heterocycles. The second kappa shape index (κ2) is 7.68. The molecule has 2 fully saturated rings. The topological polar surface area (TPSA) is 104 Å². The lowest BCUT2D eigenvalue weighted by molar-refractivity contribution is -0.158. The van der Waals surface area contributed by atoms with Gasteiger partial charge in [-0.05, 0) is 17.7 Å². The zero-order valence-corrected chi connectivity index (χ0v) is 16.9. The zero-order chi connectivity index (χ0) is 21.5. The predicted molar refractivity (Wildman–Crippen MR) is 103 cm³/mol. The number of hydrogen-bond donors (Lipinski definition) is 0. The van der Waals surface area contributed by atoms with Crippen LogP contribution in [0.25, 0.3) is 0 Å². The lowest BCUT2D eigenvalue weighted by Gasteiger charge is -2.41. The minimum Gasteiger partial charge on any atom is -0.497 e. The molecule has 10 heteroatoms. The maximum absolute atomic E-state index is 13.0. The largest absolute Gasteiger partial charge is 0.497 e. The van der Waals surface area contributed by atoms with Gasteiger partial charge in [-0.2, -0.15) is 0 Å². The van der Waals surface area contributed by atoms with Crippen molar-refractivity contribution in [2.24, 2.45) is 0 Å². The number of carbonyl (C=O) groups excluding carboxylic acids is 3. The van der Waals surface area contributed by atoms with Crippen molar-refractivity contribution in [2.75, 3.05) is 33.4 Å². The molecule has 0 spiro atoms. The molecule has 10 nitrogen and oxygen atoms in total. The second-order valence-corrected chi connectivity index (χ2v) is 7.65. The van der Waals surface area contributed by atoms with Crippen LogP contribution in [-0.4, -0.2) is 73.8 Å². The Hall–Kier alpha value is -3.43. The van der Waals surface area contributed by atoms with Gasteiger partial charge in [0.1, 0.15) is 24.7 Å². The maximum atomic E-state index is 13.0. The normalized spacial score (nSPS) is 28.0. The predicted octanol–water partition coefficient (Wildman–Crippen LogP) is 1.96. The van der Waals surface area contributed by atoms with Crippen molar-refractivity contribution in [3.63, 3.8) is 0 Å². The number of rotatable bonds is 4. The zero-order valence-electron chi connectivity index (χ0n) is 16.9. The molecule has 4 heterocycles. The number of benzene rings is 1. The Balaban J connectivity index is 1.50. The highest BCUT2D eigenvalue weighted by molar-refractivity contribution is 5.92. The third kappa shape index (κ3) is 3.41. The Morgan fingerprint density at radius 3 is 2.13 bits per heavy atom. The molecule has 164 valence electrons. The number of esters is 1. The summed E-state index contributed by atoms with van der Waals surface area (Å²) < 4.78 is 27.0. The molecule has 5 rings (SSSR count). The average molecular weight is 430 g/mol. The number of methoxy groups -OCH3 is 1. The third-order valence-electron chi connectivity index (χ3n) is 5.99. The van der Waals surface area contributed by atoms with Gasteiger partial charge in [0.25, 0.3) is 0 Å². The Morgan fingerprint density at radius 1 is 0.903 bits per heavy atom. The minimum atomic E-state index is -0.804. The summed E-state index contributed by atoms with van der Waals surface area (Å²) >= 11 is 0. The van der Waals surface area contributed by atoms with E-state index >= 15 is 0 Å². The van der Waals surface area contributed by atoms with Gasteiger partial charge >= 0.3 is 18.2 Å². The summed E-state index contributed by atoms with van der Waals surface area (Å²) in [6, 6.07) is 7.41. The molecule has 3 unspecified atom stereocenters. The van der Waals surface area contributed by atoms with Crippen molar-refractivity contribution in [2.45, 2.75) is 31.2 Å². The van der Waals surface area contributed by atoms with Gasteiger partial charge in [0, 0.05) is 12.3 Å². The van der Waals surface area contributed by atoms with Crippen molar-refractivity contribution in [1.29, 1.82) is 0 Å². The summed E-state index contributed by atoms with van der Waals surface area (Å²) in [5.74, 6) is 0.252. The van der Waals surface area contributed by atoms with Crippen LogP contribution in [0.1, 0.15) is 24.3 Å². The van der Waals surface area contributed by atoms with Gasteiger partial charge in [0.2, 0.25) is 0 Å². The van der Waals surface area contributed by atoms with E-state index in [0.29, 0.717) is 43.2 Å². The first kappa shape index (κ1) is 19.5. The third-order valence-corrected chi connectivity index (χ3v) is 5.99. The molecule has 0 aliphatic carbocycles. The van der Waals surface area contributed by atoms with E-state index in [1.54, 1.807) is 7.11 Å². The Bertz CT molecular complexity index is 939. The first-order valence-electron chi connectivity index (χ1n) is 10.2. The molecular weight excluding hydrogens is 408 g/mol. The Morgan fingerprint density at radius 2 is 1.55 bits per heavy atom. The molecule has 1 aromatic rings. The second-order valence-electron chi connectivity index (χ2n) is 7.65. The van der Waals surface area contributed by atoms with Crippen molar-refractivity contribution in [3.05, 3.63) is 41.2 Å². The fourth-order valence-electron chi connectivity index (χ4n) is 4.43. The van der Waals surface area contributed by atoms with Crippen molar-refractivity contribution in [1.82, 2.24) is 9.80 Å². The lowest BCUT2D eigenvalue weighted by Crippen LogP contribution is -2.48. The summed E-state index contributed by atoms with van der Waals surface area (Å²) in [5, 5.41) is 0. The van der Waals surface area contributed by atoms with Crippen LogP contribution in [0.2, 0.25) is 0 Å². The molecule has 0 N–H and O–H groups in total. The molecular formula is C21H22N2O8. The van der Waals surface area contributed by atoms with E-state index in [0.717, 1.165) is 5.56 Å². The first-order valence-corrected chi connectivity index (χ1v) is 10.2. The van der Waals surface area contributed by atoms with Crippen LogP contribution in [0, 0.1) is 0 Å². The van der Waals surface area contributed by atoms with E-state index in [9.17, 15) is 14.4 Å². The average Bonchev–Trinajstić information content (AvgIpc) is 3.40. The van der Waals surface area contributed by atoms with E-state index in [2.05, 4.69) is 0 Å². The van der Waals surface area contributed by atoms with Gasteiger partial charge in [0.15, 0.2) is 12.5 Å². The van der Waals surface area contributed by atoms with Crippen molar-refractivity contribution in [3.8, 4) is 5.75 Å². The monoisotopic (exact) mass is 430 g/mol. The molecule has 3 atom stereocenters. The Labute approximate surface area is 178 Å². The van der Waals surface area contributed by atoms with Gasteiger partial charge < -0.3 is 23.7 Å². The maximum Gasteiger partial charge on any atom is 0.412 e. The summed E-state index contributed by atoms with van der Waals surface area (Å²) in [7, 11) is 1.58. The Kier molecular flexibility index (Phi) is 4.84. The van der Waals surface area contributed by atoms with Crippen LogP contribution in [0.15, 0.2) is 35.6 Å². The minimum absolute atomic E-state index is 0.197. The number of amides is 2. The molecule has 0 saturated carbocycles. The SMILES string of the molecule is COc1ccc(C2CC(N3CCOC3=O)OC3=C2C(=O)OC(N2CCOC2=O)C3)cc1. The number of cyclic esters (lactones) is 3. The van der Waals surface area contributed by atoms with E-state index in [1.807, 2.05) is 24.3 Å². The van der Waals surface area contributed by atoms with E-state index < -0.39 is 30.6 Å². The summed E-state index contributed by atoms with van der Waals surface area (Å²) in [6.07, 6.45) is -1.78. The first-order chi connectivity index (χ1) is 15.0. The van der Waals surface area contributed by atoms with E-state index in [-0.39, 0.29) is 18.9 Å². The van der Waals surface area contributed by atoms with Crippen molar-refractivity contribution < 1.29 is 38.1 Å². The molecule has 0 bridgehead atoms. The van der Waals surface area contributed by atoms with Gasteiger partial charge in [-0.3, -0.25) is 9.80 Å². The fourth-order valence-corrected chi connectivity index (χ4v) is 4.43. The van der Waals surface area contributed by atoms with Crippen molar-refractivity contribution >= 4 is 18.2 Å². The number of carbonyl (C=O) groups is 3. The molecule has 4 aliphatic rings. The fraction of sp³-hybridized carbons (Fsp3) is 0.476. The van der Waals surface area contributed by atoms with Gasteiger partial charge in [0.05, 0.1) is 32.2 Å². The highest BCUT2D eigenvalue weighted by Gasteiger charge is 2.47. The lowest BCUT2D eigenvalue weighted by atomic mass is 9.83. The summed E-state index contributed by atoms with van der Waals surface area (Å²) in [4.78, 5) is 40.1. The van der Waals surface area contributed by atoms with Gasteiger partial charge in [-0.1, -0.05) is 12.1 Å². The molecule has 2 amide bonds. The van der Waals surface area contributed by atoms with E-state index in [1.165, 1.54) is 9.80 Å². The molecule has 0 aromatic heterocycles. The van der Waals surface area contributed by atoms with Gasteiger partial charge in [-0.15, -0.1) is 0 Å². The van der Waals surface area contributed by atoms with E-state index in [4.69, 9.17) is 23.7 Å². The molecule has 2 saturated heterocycles. The summed E-state index contributed by atoms with van der Waals surface area (Å²) in [6.45, 7) is 1.29. The highest BCUT2D eigenvalue weighted by atomic mass is 16.6. The molecule has 1 aromatic carbocycles. The van der Waals surface area contributed by atoms with Gasteiger partial charge in [-0.25, -0.2) is 14.4 Å². The smallest absolute Gasteiger partial charge is 0.412 e. The standard InChI is InChI=1S/C21H22N2O8/c1-27-13-4-2-12(3-5-13)14-10-16(22-6-8-28-20(22)25)30-15-11-17(31-19(24)18(14)15)23-7-9-29-21(23)26/h2-5,14,16-17H,6-11H2,1H3. The van der Waals surface area contributed by atoms with Crippen LogP contribution in [-0.2, 0) is 23.7 Å². The highest BCUT2D eigenvalue weighted by Crippen LogP contribution is 2.43. The van der Waals surface area contributed by atoms with Crippen LogP contribution >= 0.6 is 0 Å². The van der Waals surface area contributed by atoms with Crippen LogP contribution < -0.4 is 4.74 Å². The van der Waals surface area contributed by atoms with Crippen LogP contribution in [0.3, 0.4) is 0 Å². The summed E-state index contributed by atoms with van der Waals surface area (Å²) in [5.41, 5.74) is 1.29. The van der Waals surface area contributed by atoms with Crippen LogP contribution in [0.5, 0.6) is 5.75 Å². The van der Waals surface area contributed by atoms with Crippen LogP contribution in [0.4, 0.5) is 9.59 Å². The number of nitrogens with zero attached hydrogens (tertiary/aromatic N) is 2. The quantitative estimate of drug-likeness (QED) is 0.528. The number of hydrogen-bond acceptors (Lipinski definition) is 8.